The predicted molar refractivity (Wildman–Crippen MR) is 104 cm³/mol. The Hall–Kier alpha value is -2.32. The molecule has 0 saturated heterocycles. The molecule has 0 bridgehead atoms. The summed E-state index contributed by atoms with van der Waals surface area (Å²) >= 11 is 7.31. The first-order valence-electron chi connectivity index (χ1n) is 8.67. The Bertz CT molecular complexity index is 858. The van der Waals surface area contributed by atoms with Crippen LogP contribution in [0.3, 0.4) is 0 Å². The molecule has 2 aromatic rings. The molecule has 1 fully saturated rings. The maximum Gasteiger partial charge on any atom is 0.267 e. The molecule has 1 aliphatic carbocycles. The van der Waals surface area contributed by atoms with E-state index in [2.05, 4.69) is 15.6 Å². The molecule has 0 spiro atoms. The smallest absolute Gasteiger partial charge is 0.267 e. The summed E-state index contributed by atoms with van der Waals surface area (Å²) in [5.74, 6) is -1.02. The van der Waals surface area contributed by atoms with Crippen LogP contribution in [0.2, 0.25) is 4.34 Å². The van der Waals surface area contributed by atoms with E-state index in [1.807, 2.05) is 13.0 Å². The zero-order chi connectivity index (χ0) is 19.6. The number of H-pyrrole nitrogens is 1. The van der Waals surface area contributed by atoms with Crippen LogP contribution in [0.4, 0.5) is 0 Å². The minimum absolute atomic E-state index is 0.107. The summed E-state index contributed by atoms with van der Waals surface area (Å²) in [4.78, 5) is 39.6. The highest BCUT2D eigenvalue weighted by Gasteiger charge is 2.33. The molecule has 144 valence electrons. The molecule has 9 heteroatoms. The molecule has 7 nitrogen and oxygen atoms in total. The van der Waals surface area contributed by atoms with Crippen LogP contribution in [0.1, 0.15) is 51.5 Å². The lowest BCUT2D eigenvalue weighted by molar-refractivity contribution is -0.122. The van der Waals surface area contributed by atoms with Crippen molar-refractivity contribution in [2.75, 3.05) is 6.54 Å². The maximum absolute atomic E-state index is 12.4. The highest BCUT2D eigenvalue weighted by Crippen LogP contribution is 2.33. The van der Waals surface area contributed by atoms with E-state index >= 15 is 0 Å². The number of hydrogen-bond acceptors (Lipinski definition) is 4. The van der Waals surface area contributed by atoms with E-state index in [9.17, 15) is 14.4 Å². The number of thiophene rings is 1. The Balaban J connectivity index is 1.56. The third kappa shape index (κ3) is 4.90. The maximum atomic E-state index is 12.4. The first-order chi connectivity index (χ1) is 12.8. The Morgan fingerprint density at radius 3 is 2.52 bits per heavy atom. The van der Waals surface area contributed by atoms with Gasteiger partial charge in [-0.05, 0) is 49.9 Å². The summed E-state index contributed by atoms with van der Waals surface area (Å²) in [5.41, 5.74) is 5.64. The first-order valence-corrected chi connectivity index (χ1v) is 9.87. The Labute approximate surface area is 165 Å². The lowest BCUT2D eigenvalue weighted by Crippen LogP contribution is -2.45. The molecule has 2 aromatic heterocycles. The Morgan fingerprint density at radius 1 is 1.26 bits per heavy atom. The second kappa shape index (κ2) is 8.14. The summed E-state index contributed by atoms with van der Waals surface area (Å²) in [5, 5.41) is 5.85. The summed E-state index contributed by atoms with van der Waals surface area (Å²) in [6, 6.07) is 6.44. The van der Waals surface area contributed by atoms with Crippen LogP contribution in [0.5, 0.6) is 0 Å². The van der Waals surface area contributed by atoms with Crippen molar-refractivity contribution in [3.8, 4) is 0 Å². The number of carbonyl (C=O) groups is 3. The van der Waals surface area contributed by atoms with E-state index in [1.165, 1.54) is 23.5 Å². The van der Waals surface area contributed by atoms with Crippen LogP contribution in [-0.2, 0) is 4.79 Å². The van der Waals surface area contributed by atoms with Crippen molar-refractivity contribution in [1.29, 1.82) is 0 Å². The molecule has 3 amide bonds. The molecule has 5 N–H and O–H groups in total. The van der Waals surface area contributed by atoms with Crippen molar-refractivity contribution in [2.24, 2.45) is 11.7 Å². The summed E-state index contributed by atoms with van der Waals surface area (Å²) < 4.78 is 0.647. The Kier molecular flexibility index (Phi) is 5.86. The quantitative estimate of drug-likeness (QED) is 0.536. The van der Waals surface area contributed by atoms with Gasteiger partial charge >= 0.3 is 0 Å². The number of hydrogen-bond donors (Lipinski definition) is 4. The van der Waals surface area contributed by atoms with Gasteiger partial charge in [0.05, 0.1) is 10.3 Å². The normalized spacial score (nSPS) is 15.8. The van der Waals surface area contributed by atoms with Crippen LogP contribution in [0, 0.1) is 5.92 Å². The van der Waals surface area contributed by atoms with Gasteiger partial charge in [0.15, 0.2) is 0 Å². The largest absolute Gasteiger partial charge is 0.364 e. The number of aromatic amines is 1. The van der Waals surface area contributed by atoms with Crippen molar-refractivity contribution in [3.63, 3.8) is 0 Å². The summed E-state index contributed by atoms with van der Waals surface area (Å²) in [6.07, 6.45) is 2.02. The number of primary amides is 1. The molecule has 0 radical (unpaired) electrons. The number of rotatable bonds is 8. The predicted octanol–water partition coefficient (Wildman–Crippen LogP) is 2.26. The average Bonchev–Trinajstić information content (AvgIpc) is 3.18. The van der Waals surface area contributed by atoms with Crippen molar-refractivity contribution in [3.05, 3.63) is 44.9 Å². The van der Waals surface area contributed by atoms with E-state index in [0.717, 1.165) is 17.7 Å². The van der Waals surface area contributed by atoms with Gasteiger partial charge in [-0.3, -0.25) is 14.4 Å². The average molecular weight is 409 g/mol. The zero-order valence-corrected chi connectivity index (χ0v) is 16.3. The summed E-state index contributed by atoms with van der Waals surface area (Å²) in [6.45, 7) is 2.18. The molecule has 1 saturated carbocycles. The van der Waals surface area contributed by atoms with Crippen LogP contribution in [-0.4, -0.2) is 35.3 Å². The fourth-order valence-corrected chi connectivity index (χ4v) is 3.92. The number of amides is 3. The van der Waals surface area contributed by atoms with Gasteiger partial charge in [0.1, 0.15) is 11.4 Å². The first kappa shape index (κ1) is 19.4. The van der Waals surface area contributed by atoms with E-state index in [1.54, 1.807) is 6.07 Å². The molecule has 2 atom stereocenters. The van der Waals surface area contributed by atoms with Crippen LogP contribution in [0.15, 0.2) is 24.3 Å². The molecule has 3 rings (SSSR count). The summed E-state index contributed by atoms with van der Waals surface area (Å²) in [7, 11) is 0. The monoisotopic (exact) mass is 408 g/mol. The lowest BCUT2D eigenvalue weighted by Gasteiger charge is -2.20. The van der Waals surface area contributed by atoms with Crippen molar-refractivity contribution in [2.45, 2.75) is 31.7 Å². The second-order valence-electron chi connectivity index (χ2n) is 6.68. The number of nitrogens with one attached hydrogen (secondary N) is 3. The van der Waals surface area contributed by atoms with Crippen molar-refractivity contribution < 1.29 is 14.4 Å². The van der Waals surface area contributed by atoms with Crippen LogP contribution in [0.25, 0.3) is 0 Å². The minimum Gasteiger partial charge on any atom is -0.364 e. The van der Waals surface area contributed by atoms with Gasteiger partial charge in [-0.2, -0.15) is 0 Å². The van der Waals surface area contributed by atoms with E-state index in [0.29, 0.717) is 16.8 Å². The zero-order valence-electron chi connectivity index (χ0n) is 14.8. The molecule has 2 heterocycles. The molecule has 0 aliphatic heterocycles. The molecule has 1 aliphatic rings. The molecular weight excluding hydrogens is 388 g/mol. The van der Waals surface area contributed by atoms with Gasteiger partial charge in [0.25, 0.3) is 11.8 Å². The van der Waals surface area contributed by atoms with Crippen LogP contribution >= 0.6 is 22.9 Å². The number of nitrogens with two attached hydrogens (primary N) is 1. The van der Waals surface area contributed by atoms with Crippen LogP contribution < -0.4 is 16.4 Å². The molecular formula is C18H21ClN4O3S. The third-order valence-electron chi connectivity index (χ3n) is 4.61. The molecule has 0 aromatic carbocycles. The van der Waals surface area contributed by atoms with Gasteiger partial charge in [-0.15, -0.1) is 11.3 Å². The number of aromatic nitrogens is 1. The highest BCUT2D eigenvalue weighted by atomic mass is 35.5. The fraction of sp³-hybridized carbons (Fsp3) is 0.389. The van der Waals surface area contributed by atoms with Gasteiger partial charge in [0.2, 0.25) is 5.91 Å². The third-order valence-corrected chi connectivity index (χ3v) is 6.03. The van der Waals surface area contributed by atoms with E-state index < -0.39 is 5.91 Å². The van der Waals surface area contributed by atoms with Gasteiger partial charge in [-0.25, -0.2) is 0 Å². The van der Waals surface area contributed by atoms with Crippen molar-refractivity contribution >= 4 is 40.7 Å². The standard InChI is InChI=1S/C18H21ClN4O3S/c1-9(14-6-7-15(19)27-14)17(25)21-8-13(10-2-3-10)23-18(26)12-5-4-11(22-12)16(20)24/h4-7,9-10,13,22H,2-3,8H2,1H3,(H2,20,24)(H,21,25)(H,23,26). The van der Waals surface area contributed by atoms with E-state index in [4.69, 9.17) is 17.3 Å². The van der Waals surface area contributed by atoms with E-state index in [-0.39, 0.29) is 35.2 Å². The van der Waals surface area contributed by atoms with Gasteiger partial charge in [-0.1, -0.05) is 11.6 Å². The fourth-order valence-electron chi connectivity index (χ4n) is 2.81. The molecule has 2 unspecified atom stereocenters. The topological polar surface area (TPSA) is 117 Å². The second-order valence-corrected chi connectivity index (χ2v) is 8.42. The SMILES string of the molecule is CC(C(=O)NCC(NC(=O)c1ccc(C(N)=O)[nH]1)C1CC1)c1ccc(Cl)s1. The van der Waals surface area contributed by atoms with Crippen molar-refractivity contribution in [1.82, 2.24) is 15.6 Å². The molecule has 27 heavy (non-hydrogen) atoms. The highest BCUT2D eigenvalue weighted by molar-refractivity contribution is 7.16. The lowest BCUT2D eigenvalue weighted by atomic mass is 10.1. The number of carbonyl (C=O) groups excluding carboxylic acids is 3. The van der Waals surface area contributed by atoms with Gasteiger partial charge in [0, 0.05) is 17.5 Å². The Morgan fingerprint density at radius 2 is 1.96 bits per heavy atom. The van der Waals surface area contributed by atoms with Gasteiger partial charge < -0.3 is 21.4 Å². The number of halogens is 1. The minimum atomic E-state index is -0.622.